The highest BCUT2D eigenvalue weighted by atomic mass is 32.1. The average Bonchev–Trinajstić information content (AvgIpc) is 3.13. The maximum atomic E-state index is 12.9. The summed E-state index contributed by atoms with van der Waals surface area (Å²) in [5, 5.41) is 3.00. The Bertz CT molecular complexity index is 727. The first-order valence-corrected chi connectivity index (χ1v) is 10.0. The minimum Gasteiger partial charge on any atom is -0.371 e. The summed E-state index contributed by atoms with van der Waals surface area (Å²) in [6.07, 6.45) is -4.26. The van der Waals surface area contributed by atoms with Crippen LogP contribution < -0.4 is 0 Å². The van der Waals surface area contributed by atoms with Crippen LogP contribution in [0.4, 0.5) is 13.2 Å². The minimum absolute atomic E-state index is 0.0505. The molecule has 2 fully saturated rings. The summed E-state index contributed by atoms with van der Waals surface area (Å²) in [4.78, 5) is 30.7. The summed E-state index contributed by atoms with van der Waals surface area (Å²) >= 11 is 1.42. The molecule has 2 aliphatic heterocycles. The smallest absolute Gasteiger partial charge is 0.371 e. The van der Waals surface area contributed by atoms with Gasteiger partial charge in [-0.05, 0) is 35.8 Å². The topological polar surface area (TPSA) is 59.1 Å². The van der Waals surface area contributed by atoms with E-state index in [0.29, 0.717) is 43.3 Å². The second-order valence-corrected chi connectivity index (χ2v) is 8.37. The van der Waals surface area contributed by atoms with E-state index >= 15 is 0 Å². The third-order valence-corrected chi connectivity index (χ3v) is 6.05. The van der Waals surface area contributed by atoms with Crippen LogP contribution in [0.1, 0.15) is 47.8 Å². The van der Waals surface area contributed by atoms with E-state index in [4.69, 9.17) is 4.74 Å². The zero-order valence-electron chi connectivity index (χ0n) is 15.8. The molecule has 0 saturated carbocycles. The van der Waals surface area contributed by atoms with Gasteiger partial charge in [-0.15, -0.1) is 16.4 Å². The van der Waals surface area contributed by atoms with Crippen LogP contribution in [0.3, 0.4) is 0 Å². The van der Waals surface area contributed by atoms with Gasteiger partial charge in [-0.3, -0.25) is 4.79 Å². The van der Waals surface area contributed by atoms with E-state index in [2.05, 4.69) is 18.7 Å². The predicted octanol–water partition coefficient (Wildman–Crippen LogP) is 3.20. The summed E-state index contributed by atoms with van der Waals surface area (Å²) in [7, 11) is 0. The highest BCUT2D eigenvalue weighted by Crippen LogP contribution is 2.32. The number of hydroxylamine groups is 2. The minimum atomic E-state index is -5.02. The van der Waals surface area contributed by atoms with Gasteiger partial charge >= 0.3 is 12.1 Å². The molecule has 1 amide bonds. The molecule has 0 radical (unpaired) electrons. The quantitative estimate of drug-likeness (QED) is 0.752. The van der Waals surface area contributed by atoms with Crippen LogP contribution in [0.2, 0.25) is 0 Å². The van der Waals surface area contributed by atoms with Gasteiger partial charge in [-0.25, -0.2) is 4.79 Å². The van der Waals surface area contributed by atoms with Crippen LogP contribution in [-0.2, 0) is 14.4 Å². The van der Waals surface area contributed by atoms with Crippen LogP contribution in [0, 0.1) is 0 Å². The number of amides is 1. The van der Waals surface area contributed by atoms with Gasteiger partial charge in [0, 0.05) is 19.6 Å². The average molecular weight is 420 g/mol. The molecule has 156 valence electrons. The highest BCUT2D eigenvalue weighted by Gasteiger charge is 2.45. The molecule has 2 aliphatic rings. The number of carbonyl (C=O) groups excluding carboxylic acids is 2. The molecule has 1 aromatic rings. The number of halogens is 3. The first-order chi connectivity index (χ1) is 13.1. The van der Waals surface area contributed by atoms with Crippen LogP contribution in [0.5, 0.6) is 0 Å². The van der Waals surface area contributed by atoms with Gasteiger partial charge in [0.15, 0.2) is 0 Å². The SMILES string of the molecule is CC(C)c1csc(C(=O)N2CCOC3(CCN(OC(=O)C(F)(F)F)CC3)C2)c1. The molecular formula is C18H23F3N2O4S. The molecule has 3 heterocycles. The number of piperidine rings is 1. The van der Waals surface area contributed by atoms with Gasteiger partial charge < -0.3 is 14.5 Å². The number of ether oxygens (including phenoxy) is 1. The van der Waals surface area contributed by atoms with Gasteiger partial charge in [0.1, 0.15) is 0 Å². The second kappa shape index (κ2) is 8.00. The maximum Gasteiger partial charge on any atom is 0.492 e. The number of rotatable bonds is 3. The van der Waals surface area contributed by atoms with Crippen LogP contribution in [0.15, 0.2) is 11.4 Å². The van der Waals surface area contributed by atoms with E-state index in [1.54, 1.807) is 4.90 Å². The van der Waals surface area contributed by atoms with Gasteiger partial charge in [0.2, 0.25) is 0 Å². The third kappa shape index (κ3) is 4.66. The number of morpholine rings is 1. The lowest BCUT2D eigenvalue weighted by atomic mass is 9.90. The third-order valence-electron chi connectivity index (χ3n) is 5.11. The molecule has 6 nitrogen and oxygen atoms in total. The van der Waals surface area contributed by atoms with Crippen molar-refractivity contribution < 1.29 is 32.3 Å². The van der Waals surface area contributed by atoms with Crippen molar-refractivity contribution in [2.24, 2.45) is 0 Å². The first kappa shape index (κ1) is 21.1. The van der Waals surface area contributed by atoms with Crippen molar-refractivity contribution in [2.75, 3.05) is 32.8 Å². The van der Waals surface area contributed by atoms with E-state index < -0.39 is 17.7 Å². The van der Waals surface area contributed by atoms with Crippen molar-refractivity contribution in [1.82, 2.24) is 9.96 Å². The molecule has 0 unspecified atom stereocenters. The van der Waals surface area contributed by atoms with Gasteiger partial charge in [-0.1, -0.05) is 13.8 Å². The zero-order chi connectivity index (χ0) is 20.5. The molecule has 10 heteroatoms. The van der Waals surface area contributed by atoms with Crippen molar-refractivity contribution in [1.29, 1.82) is 0 Å². The fourth-order valence-electron chi connectivity index (χ4n) is 3.40. The van der Waals surface area contributed by atoms with Gasteiger partial charge in [0.05, 0.1) is 23.6 Å². The molecule has 0 atom stereocenters. The molecule has 0 aromatic carbocycles. The molecule has 3 rings (SSSR count). The molecule has 1 aromatic heterocycles. The Morgan fingerprint density at radius 1 is 1.25 bits per heavy atom. The molecule has 0 N–H and O–H groups in total. The largest absolute Gasteiger partial charge is 0.492 e. The van der Waals surface area contributed by atoms with Gasteiger partial charge in [-0.2, -0.15) is 13.2 Å². The number of alkyl halides is 3. The van der Waals surface area contributed by atoms with Crippen molar-refractivity contribution in [2.45, 2.75) is 44.4 Å². The number of nitrogens with zero attached hydrogens (tertiary/aromatic N) is 2. The van der Waals surface area contributed by atoms with Crippen molar-refractivity contribution in [3.63, 3.8) is 0 Å². The van der Waals surface area contributed by atoms with Crippen molar-refractivity contribution in [3.05, 3.63) is 21.9 Å². The van der Waals surface area contributed by atoms with E-state index in [9.17, 15) is 22.8 Å². The fourth-order valence-corrected chi connectivity index (χ4v) is 4.43. The normalized spacial score (nSPS) is 20.6. The summed E-state index contributed by atoms with van der Waals surface area (Å²) in [5.41, 5.74) is 0.504. The van der Waals surface area contributed by atoms with E-state index in [0.717, 1.165) is 10.6 Å². The Morgan fingerprint density at radius 3 is 2.50 bits per heavy atom. The predicted molar refractivity (Wildman–Crippen MR) is 95.9 cm³/mol. The monoisotopic (exact) mass is 420 g/mol. The molecular weight excluding hydrogens is 397 g/mol. The highest BCUT2D eigenvalue weighted by molar-refractivity contribution is 7.12. The summed E-state index contributed by atoms with van der Waals surface area (Å²) in [5.74, 6) is -1.92. The van der Waals surface area contributed by atoms with Crippen molar-refractivity contribution >= 4 is 23.2 Å². The van der Waals surface area contributed by atoms with Crippen molar-refractivity contribution in [3.8, 4) is 0 Å². The first-order valence-electron chi connectivity index (χ1n) is 9.15. The lowest BCUT2D eigenvalue weighted by Crippen LogP contribution is -2.58. The summed E-state index contributed by atoms with van der Waals surface area (Å²) in [6, 6.07) is 1.92. The van der Waals surface area contributed by atoms with Crippen LogP contribution in [0.25, 0.3) is 0 Å². The Labute approximate surface area is 165 Å². The Kier molecular flexibility index (Phi) is 6.02. The summed E-state index contributed by atoms with van der Waals surface area (Å²) < 4.78 is 42.9. The molecule has 2 saturated heterocycles. The van der Waals surface area contributed by atoms with Crippen LogP contribution >= 0.6 is 11.3 Å². The van der Waals surface area contributed by atoms with E-state index in [1.165, 1.54) is 11.3 Å². The zero-order valence-corrected chi connectivity index (χ0v) is 16.6. The lowest BCUT2D eigenvalue weighted by Gasteiger charge is -2.46. The Morgan fingerprint density at radius 2 is 1.93 bits per heavy atom. The maximum absolute atomic E-state index is 12.9. The second-order valence-electron chi connectivity index (χ2n) is 7.46. The summed E-state index contributed by atoms with van der Waals surface area (Å²) in [6.45, 7) is 5.61. The molecule has 28 heavy (non-hydrogen) atoms. The number of hydrogen-bond acceptors (Lipinski definition) is 6. The van der Waals surface area contributed by atoms with Gasteiger partial charge in [0.25, 0.3) is 5.91 Å². The number of thiophene rings is 1. The van der Waals surface area contributed by atoms with E-state index in [-0.39, 0.29) is 19.0 Å². The number of hydrogen-bond donors (Lipinski definition) is 0. The lowest BCUT2D eigenvalue weighted by molar-refractivity contribution is -0.250. The number of carbonyl (C=O) groups is 2. The standard InChI is InChI=1S/C18H23F3N2O4S/c1-12(2)13-9-14(28-10-13)15(24)22-7-8-26-17(11-22)3-5-23(6-4-17)27-16(25)18(19,20)21/h9-10,12H,3-8,11H2,1-2H3. The Hall–Kier alpha value is -1.65. The fraction of sp³-hybridized carbons (Fsp3) is 0.667. The molecule has 0 bridgehead atoms. The van der Waals surface area contributed by atoms with Crippen LogP contribution in [-0.4, -0.2) is 66.4 Å². The Balaban J connectivity index is 1.59. The molecule has 1 spiro atoms. The molecule has 0 aliphatic carbocycles. The van der Waals surface area contributed by atoms with E-state index in [1.807, 2.05) is 11.4 Å².